The zero-order valence-electron chi connectivity index (χ0n) is 16.6. The van der Waals surface area contributed by atoms with Gasteiger partial charge in [-0.15, -0.1) is 0 Å². The van der Waals surface area contributed by atoms with Crippen LogP contribution >= 0.6 is 0 Å². The number of likely N-dealkylation sites (N-methyl/N-ethyl adjacent to an activating group) is 1. The summed E-state index contributed by atoms with van der Waals surface area (Å²) in [6.45, 7) is 9.17. The summed E-state index contributed by atoms with van der Waals surface area (Å²) in [5.41, 5.74) is 1.53. The molecule has 5 heteroatoms. The number of rotatable bonds is 11. The number of methoxy groups -OCH3 is 1. The van der Waals surface area contributed by atoms with Gasteiger partial charge in [-0.2, -0.15) is 0 Å². The van der Waals surface area contributed by atoms with Gasteiger partial charge in [-0.1, -0.05) is 44.2 Å². The van der Waals surface area contributed by atoms with Crippen molar-refractivity contribution >= 4 is 5.96 Å². The molecule has 142 valence electrons. The fourth-order valence-electron chi connectivity index (χ4n) is 2.71. The van der Waals surface area contributed by atoms with Crippen molar-refractivity contribution in [1.82, 2.24) is 15.5 Å². The largest absolute Gasteiger partial charge is 0.385 e. The molecule has 0 saturated heterocycles. The first-order chi connectivity index (χ1) is 12.0. The Morgan fingerprint density at radius 3 is 2.52 bits per heavy atom. The van der Waals surface area contributed by atoms with Gasteiger partial charge in [0, 0.05) is 46.9 Å². The van der Waals surface area contributed by atoms with Crippen LogP contribution in [0.5, 0.6) is 0 Å². The van der Waals surface area contributed by atoms with Crippen LogP contribution in [0, 0.1) is 5.41 Å². The van der Waals surface area contributed by atoms with Crippen molar-refractivity contribution in [3.8, 4) is 0 Å². The van der Waals surface area contributed by atoms with Gasteiger partial charge in [0.25, 0.3) is 0 Å². The van der Waals surface area contributed by atoms with Crippen molar-refractivity contribution < 1.29 is 4.74 Å². The van der Waals surface area contributed by atoms with Gasteiger partial charge in [-0.25, -0.2) is 0 Å². The number of nitrogens with one attached hydrogen (secondary N) is 2. The number of nitrogens with zero attached hydrogens (tertiary/aromatic N) is 2. The first-order valence-corrected chi connectivity index (χ1v) is 9.13. The maximum absolute atomic E-state index is 5.09. The summed E-state index contributed by atoms with van der Waals surface area (Å²) < 4.78 is 5.09. The Bertz CT molecular complexity index is 488. The van der Waals surface area contributed by atoms with E-state index in [9.17, 15) is 0 Å². The molecule has 0 aromatic heterocycles. The van der Waals surface area contributed by atoms with Gasteiger partial charge in [0.15, 0.2) is 5.96 Å². The van der Waals surface area contributed by atoms with Gasteiger partial charge < -0.3 is 20.3 Å². The molecule has 0 spiro atoms. The minimum Gasteiger partial charge on any atom is -0.385 e. The molecule has 0 bridgehead atoms. The highest BCUT2D eigenvalue weighted by Gasteiger charge is 2.18. The molecule has 0 saturated carbocycles. The molecule has 0 unspecified atom stereocenters. The van der Waals surface area contributed by atoms with E-state index in [1.54, 1.807) is 7.11 Å². The van der Waals surface area contributed by atoms with Gasteiger partial charge in [0.1, 0.15) is 0 Å². The summed E-state index contributed by atoms with van der Waals surface area (Å²) in [5, 5.41) is 6.85. The summed E-state index contributed by atoms with van der Waals surface area (Å²) in [4.78, 5) is 6.63. The number of hydrogen-bond donors (Lipinski definition) is 2. The molecule has 0 radical (unpaired) electrons. The van der Waals surface area contributed by atoms with E-state index in [4.69, 9.17) is 4.74 Å². The van der Waals surface area contributed by atoms with Crippen LogP contribution in [0.3, 0.4) is 0 Å². The molecule has 5 nitrogen and oxygen atoms in total. The third kappa shape index (κ3) is 10.1. The quantitative estimate of drug-likeness (QED) is 0.366. The topological polar surface area (TPSA) is 48.9 Å². The minimum absolute atomic E-state index is 0.163. The standard InChI is InChI=1S/C20H36N4O/c1-20(2,16-18-10-7-6-8-11-18)17-23-19(21-3)22-12-14-24(4)13-9-15-25-5/h6-8,10-11H,9,12-17H2,1-5H3,(H2,21,22,23). The van der Waals surface area contributed by atoms with E-state index in [-0.39, 0.29) is 5.41 Å². The Morgan fingerprint density at radius 1 is 1.16 bits per heavy atom. The number of benzene rings is 1. The molecule has 1 rings (SSSR count). The van der Waals surface area contributed by atoms with Gasteiger partial charge >= 0.3 is 0 Å². The van der Waals surface area contributed by atoms with E-state index in [0.717, 1.165) is 51.6 Å². The first kappa shape index (κ1) is 21.5. The third-order valence-electron chi connectivity index (χ3n) is 4.16. The van der Waals surface area contributed by atoms with E-state index in [2.05, 4.69) is 71.8 Å². The highest BCUT2D eigenvalue weighted by Crippen LogP contribution is 2.20. The molecule has 0 amide bonds. The van der Waals surface area contributed by atoms with Crippen LogP contribution in [-0.2, 0) is 11.2 Å². The number of aliphatic imine (C=N–C) groups is 1. The number of guanidine groups is 1. The summed E-state index contributed by atoms with van der Waals surface area (Å²) >= 11 is 0. The molecule has 25 heavy (non-hydrogen) atoms. The van der Waals surface area contributed by atoms with Crippen LogP contribution < -0.4 is 10.6 Å². The predicted octanol–water partition coefficient (Wildman–Crippen LogP) is 2.39. The zero-order valence-corrected chi connectivity index (χ0v) is 16.6. The van der Waals surface area contributed by atoms with Crippen LogP contribution in [0.4, 0.5) is 0 Å². The van der Waals surface area contributed by atoms with E-state index < -0.39 is 0 Å². The maximum Gasteiger partial charge on any atom is 0.191 e. The molecule has 0 aliphatic heterocycles. The van der Waals surface area contributed by atoms with Crippen molar-refractivity contribution in [2.45, 2.75) is 26.7 Å². The molecular weight excluding hydrogens is 312 g/mol. The van der Waals surface area contributed by atoms with Crippen molar-refractivity contribution in [3.63, 3.8) is 0 Å². The second kappa shape index (κ2) is 11.9. The second-order valence-corrected chi connectivity index (χ2v) is 7.33. The van der Waals surface area contributed by atoms with Crippen molar-refractivity contribution in [2.24, 2.45) is 10.4 Å². The summed E-state index contributed by atoms with van der Waals surface area (Å²) in [6.07, 6.45) is 2.10. The second-order valence-electron chi connectivity index (χ2n) is 7.33. The number of hydrogen-bond acceptors (Lipinski definition) is 3. The molecule has 0 heterocycles. The molecule has 0 aliphatic rings. The summed E-state index contributed by atoms with van der Waals surface area (Å²) in [7, 11) is 5.70. The van der Waals surface area contributed by atoms with E-state index in [0.29, 0.717) is 0 Å². The Morgan fingerprint density at radius 2 is 1.88 bits per heavy atom. The van der Waals surface area contributed by atoms with Crippen LogP contribution in [0.1, 0.15) is 25.8 Å². The Hall–Kier alpha value is -1.59. The SMILES string of the molecule is CN=C(NCCN(C)CCCOC)NCC(C)(C)Cc1ccccc1. The average molecular weight is 349 g/mol. The lowest BCUT2D eigenvalue weighted by molar-refractivity contribution is 0.180. The predicted molar refractivity (Wildman–Crippen MR) is 107 cm³/mol. The van der Waals surface area contributed by atoms with Gasteiger partial charge in [-0.05, 0) is 30.9 Å². The molecule has 0 atom stereocenters. The smallest absolute Gasteiger partial charge is 0.191 e. The molecule has 2 N–H and O–H groups in total. The van der Waals surface area contributed by atoms with Crippen molar-refractivity contribution in [3.05, 3.63) is 35.9 Å². The Balaban J connectivity index is 2.29. The van der Waals surface area contributed by atoms with E-state index in [1.807, 2.05) is 7.05 Å². The van der Waals surface area contributed by atoms with Crippen LogP contribution in [0.15, 0.2) is 35.3 Å². The zero-order chi connectivity index (χ0) is 18.5. The number of ether oxygens (including phenoxy) is 1. The molecular formula is C20H36N4O. The molecule has 0 aliphatic carbocycles. The minimum atomic E-state index is 0.163. The fourth-order valence-corrected chi connectivity index (χ4v) is 2.71. The van der Waals surface area contributed by atoms with Crippen LogP contribution in [0.25, 0.3) is 0 Å². The monoisotopic (exact) mass is 348 g/mol. The van der Waals surface area contributed by atoms with Crippen LogP contribution in [-0.4, -0.2) is 64.9 Å². The highest BCUT2D eigenvalue weighted by molar-refractivity contribution is 5.79. The lowest BCUT2D eigenvalue weighted by atomic mass is 9.86. The highest BCUT2D eigenvalue weighted by atomic mass is 16.5. The first-order valence-electron chi connectivity index (χ1n) is 9.13. The normalized spacial score (nSPS) is 12.5. The van der Waals surface area contributed by atoms with Crippen molar-refractivity contribution in [2.75, 3.05) is 54.0 Å². The van der Waals surface area contributed by atoms with E-state index in [1.165, 1.54) is 5.56 Å². The Kier molecular flexibility index (Phi) is 10.2. The summed E-state index contributed by atoms with van der Waals surface area (Å²) in [5.74, 6) is 0.867. The fraction of sp³-hybridized carbons (Fsp3) is 0.650. The lowest BCUT2D eigenvalue weighted by Crippen LogP contribution is -2.44. The lowest BCUT2D eigenvalue weighted by Gasteiger charge is -2.26. The Labute approximate surface area is 153 Å². The van der Waals surface area contributed by atoms with Gasteiger partial charge in [0.2, 0.25) is 0 Å². The van der Waals surface area contributed by atoms with E-state index >= 15 is 0 Å². The third-order valence-corrected chi connectivity index (χ3v) is 4.16. The van der Waals surface area contributed by atoms with Crippen LogP contribution in [0.2, 0.25) is 0 Å². The summed E-state index contributed by atoms with van der Waals surface area (Å²) in [6, 6.07) is 10.6. The van der Waals surface area contributed by atoms with Gasteiger partial charge in [0.05, 0.1) is 0 Å². The molecule has 0 fully saturated rings. The molecule has 1 aromatic rings. The average Bonchev–Trinajstić information content (AvgIpc) is 2.58. The van der Waals surface area contributed by atoms with Crippen molar-refractivity contribution in [1.29, 1.82) is 0 Å². The molecule has 1 aromatic carbocycles. The van der Waals surface area contributed by atoms with Gasteiger partial charge in [-0.3, -0.25) is 4.99 Å². The maximum atomic E-state index is 5.09.